The SMILES string of the molecule is CC(C)c1ccc(OCc2nc(C(=O)N[C@@H]3CCCC[C@H]3NC(=O)Nc3ccc(F)cc3F)cs2)cc1. The predicted octanol–water partition coefficient (Wildman–Crippen LogP) is 5.99. The van der Waals surface area contributed by atoms with Crippen LogP contribution in [0, 0.1) is 11.6 Å². The molecule has 0 bridgehead atoms. The number of amides is 3. The van der Waals surface area contributed by atoms with Gasteiger partial charge in [0.25, 0.3) is 5.91 Å². The van der Waals surface area contributed by atoms with Crippen molar-refractivity contribution in [3.63, 3.8) is 0 Å². The quantitative estimate of drug-likeness (QED) is 0.335. The highest BCUT2D eigenvalue weighted by atomic mass is 32.1. The molecule has 2 atom stereocenters. The van der Waals surface area contributed by atoms with E-state index in [4.69, 9.17) is 4.74 Å². The molecule has 4 rings (SSSR count). The summed E-state index contributed by atoms with van der Waals surface area (Å²) in [6.07, 6.45) is 3.14. The van der Waals surface area contributed by atoms with E-state index in [1.807, 2.05) is 24.3 Å². The van der Waals surface area contributed by atoms with Crippen LogP contribution in [0.2, 0.25) is 0 Å². The molecular formula is C27H30F2N4O3S. The molecule has 1 fully saturated rings. The van der Waals surface area contributed by atoms with Gasteiger partial charge in [-0.1, -0.05) is 38.8 Å². The molecule has 3 aromatic rings. The minimum absolute atomic E-state index is 0.122. The van der Waals surface area contributed by atoms with Crippen LogP contribution in [-0.4, -0.2) is 29.0 Å². The summed E-state index contributed by atoms with van der Waals surface area (Å²) in [5, 5.41) is 10.5. The molecule has 3 N–H and O–H groups in total. The number of urea groups is 1. The fourth-order valence-electron chi connectivity index (χ4n) is 4.21. The lowest BCUT2D eigenvalue weighted by atomic mass is 9.90. The highest BCUT2D eigenvalue weighted by Gasteiger charge is 2.29. The number of aromatic nitrogens is 1. The zero-order chi connectivity index (χ0) is 26.4. The normalized spacial score (nSPS) is 17.3. The highest BCUT2D eigenvalue weighted by molar-refractivity contribution is 7.09. The Kier molecular flexibility index (Phi) is 8.70. The van der Waals surface area contributed by atoms with Crippen LogP contribution in [0.1, 0.15) is 66.5 Å². The van der Waals surface area contributed by atoms with E-state index in [2.05, 4.69) is 34.8 Å². The van der Waals surface area contributed by atoms with Crippen molar-refractivity contribution in [3.05, 3.63) is 75.7 Å². The largest absolute Gasteiger partial charge is 0.486 e. The maximum absolute atomic E-state index is 13.9. The van der Waals surface area contributed by atoms with Crippen molar-refractivity contribution in [1.82, 2.24) is 15.6 Å². The molecule has 3 amide bonds. The molecule has 1 saturated carbocycles. The number of carbonyl (C=O) groups excluding carboxylic acids is 2. The first kappa shape index (κ1) is 26.5. The molecule has 10 heteroatoms. The number of nitrogens with zero attached hydrogens (tertiary/aromatic N) is 1. The van der Waals surface area contributed by atoms with Crippen molar-refractivity contribution < 1.29 is 23.1 Å². The lowest BCUT2D eigenvalue weighted by Gasteiger charge is -2.32. The highest BCUT2D eigenvalue weighted by Crippen LogP contribution is 2.22. The van der Waals surface area contributed by atoms with Gasteiger partial charge in [0.2, 0.25) is 0 Å². The first-order valence-corrected chi connectivity index (χ1v) is 13.2. The Morgan fingerprint density at radius 3 is 2.43 bits per heavy atom. The molecule has 0 unspecified atom stereocenters. The molecule has 0 saturated heterocycles. The second kappa shape index (κ2) is 12.1. The topological polar surface area (TPSA) is 92.3 Å². The molecule has 0 radical (unpaired) electrons. The Labute approximate surface area is 218 Å². The molecular weight excluding hydrogens is 498 g/mol. The summed E-state index contributed by atoms with van der Waals surface area (Å²) in [4.78, 5) is 29.7. The van der Waals surface area contributed by atoms with Gasteiger partial charge in [-0.15, -0.1) is 11.3 Å². The van der Waals surface area contributed by atoms with Gasteiger partial charge >= 0.3 is 6.03 Å². The fourth-order valence-corrected chi connectivity index (χ4v) is 4.90. The van der Waals surface area contributed by atoms with Crippen molar-refractivity contribution in [2.24, 2.45) is 0 Å². The zero-order valence-corrected chi connectivity index (χ0v) is 21.5. The van der Waals surface area contributed by atoms with Crippen LogP contribution in [-0.2, 0) is 6.61 Å². The van der Waals surface area contributed by atoms with Crippen LogP contribution >= 0.6 is 11.3 Å². The zero-order valence-electron chi connectivity index (χ0n) is 20.7. The van der Waals surface area contributed by atoms with E-state index in [0.717, 1.165) is 30.7 Å². The first-order chi connectivity index (χ1) is 17.8. The van der Waals surface area contributed by atoms with Gasteiger partial charge in [0.05, 0.1) is 11.7 Å². The van der Waals surface area contributed by atoms with Crippen molar-refractivity contribution >= 4 is 29.0 Å². The number of benzene rings is 2. The molecule has 2 aromatic carbocycles. The van der Waals surface area contributed by atoms with Gasteiger partial charge in [-0.25, -0.2) is 18.6 Å². The van der Waals surface area contributed by atoms with Crippen molar-refractivity contribution in [2.75, 3.05) is 5.32 Å². The number of nitrogens with one attached hydrogen (secondary N) is 3. The third-order valence-corrected chi connectivity index (χ3v) is 7.09. The average molecular weight is 529 g/mol. The second-order valence-corrected chi connectivity index (χ2v) is 10.3. The molecule has 1 heterocycles. The Morgan fingerprint density at radius 1 is 1.05 bits per heavy atom. The Balaban J connectivity index is 1.30. The Hall–Kier alpha value is -3.53. The standard InChI is InChI=1S/C27H30F2N4O3S/c1-16(2)17-7-10-19(11-8-17)36-14-25-30-24(15-37-25)26(34)31-22-5-3-4-6-23(22)33-27(35)32-21-12-9-18(28)13-20(21)29/h7-13,15-16,22-23H,3-6,14H2,1-2H3,(H,31,34)(H2,32,33,35)/t22-,23-/m1/s1. The van der Waals surface area contributed by atoms with Gasteiger partial charge < -0.3 is 20.7 Å². The van der Waals surface area contributed by atoms with E-state index in [1.165, 1.54) is 16.9 Å². The number of hydrogen-bond acceptors (Lipinski definition) is 5. The second-order valence-electron chi connectivity index (χ2n) is 9.33. The van der Waals surface area contributed by atoms with Crippen molar-refractivity contribution in [2.45, 2.75) is 64.1 Å². The van der Waals surface area contributed by atoms with Crippen LogP contribution in [0.3, 0.4) is 0 Å². The number of thiazole rings is 1. The van der Waals surface area contributed by atoms with Gasteiger partial charge in [0.15, 0.2) is 0 Å². The van der Waals surface area contributed by atoms with Gasteiger partial charge in [-0.3, -0.25) is 4.79 Å². The minimum Gasteiger partial charge on any atom is -0.486 e. The lowest BCUT2D eigenvalue weighted by Crippen LogP contribution is -2.54. The number of hydrogen-bond donors (Lipinski definition) is 3. The summed E-state index contributed by atoms with van der Waals surface area (Å²) in [6, 6.07) is 9.59. The van der Waals surface area contributed by atoms with E-state index in [9.17, 15) is 18.4 Å². The molecule has 1 aromatic heterocycles. The predicted molar refractivity (Wildman–Crippen MR) is 139 cm³/mol. The van der Waals surface area contributed by atoms with Gasteiger partial charge in [-0.05, 0) is 48.6 Å². The van der Waals surface area contributed by atoms with E-state index < -0.39 is 17.7 Å². The van der Waals surface area contributed by atoms with E-state index in [1.54, 1.807) is 5.38 Å². The molecule has 196 valence electrons. The summed E-state index contributed by atoms with van der Waals surface area (Å²) >= 11 is 1.34. The Morgan fingerprint density at radius 2 is 1.76 bits per heavy atom. The van der Waals surface area contributed by atoms with Crippen LogP contribution in [0.5, 0.6) is 5.75 Å². The van der Waals surface area contributed by atoms with Crippen LogP contribution < -0.4 is 20.7 Å². The van der Waals surface area contributed by atoms with E-state index in [0.29, 0.717) is 35.5 Å². The van der Waals surface area contributed by atoms with E-state index >= 15 is 0 Å². The molecule has 37 heavy (non-hydrogen) atoms. The summed E-state index contributed by atoms with van der Waals surface area (Å²) in [7, 11) is 0. The summed E-state index contributed by atoms with van der Waals surface area (Å²) in [5.41, 5.74) is 1.40. The number of carbonyl (C=O) groups is 2. The summed E-state index contributed by atoms with van der Waals surface area (Å²) in [5.74, 6) is -0.733. The smallest absolute Gasteiger partial charge is 0.319 e. The maximum Gasteiger partial charge on any atom is 0.319 e. The van der Waals surface area contributed by atoms with E-state index in [-0.39, 0.29) is 30.3 Å². The third kappa shape index (κ3) is 7.25. The first-order valence-electron chi connectivity index (χ1n) is 12.3. The van der Waals surface area contributed by atoms with Crippen LogP contribution in [0.25, 0.3) is 0 Å². The fraction of sp³-hybridized carbons (Fsp3) is 0.370. The Bertz CT molecular complexity index is 1230. The maximum atomic E-state index is 13.9. The molecule has 0 aliphatic heterocycles. The number of anilines is 1. The molecule has 1 aliphatic carbocycles. The summed E-state index contributed by atoms with van der Waals surface area (Å²) in [6.45, 7) is 4.52. The van der Waals surface area contributed by atoms with Gasteiger partial charge in [0, 0.05) is 17.5 Å². The monoisotopic (exact) mass is 528 g/mol. The van der Waals surface area contributed by atoms with Crippen LogP contribution in [0.15, 0.2) is 47.8 Å². The van der Waals surface area contributed by atoms with Gasteiger partial charge in [-0.2, -0.15) is 0 Å². The molecule has 1 aliphatic rings. The number of rotatable bonds is 8. The number of halogens is 2. The van der Waals surface area contributed by atoms with Crippen molar-refractivity contribution in [3.8, 4) is 5.75 Å². The van der Waals surface area contributed by atoms with Crippen LogP contribution in [0.4, 0.5) is 19.3 Å². The third-order valence-electron chi connectivity index (χ3n) is 6.27. The molecule has 0 spiro atoms. The molecule has 7 nitrogen and oxygen atoms in total. The number of ether oxygens (including phenoxy) is 1. The van der Waals surface area contributed by atoms with Gasteiger partial charge in [0.1, 0.15) is 34.7 Å². The average Bonchev–Trinajstić information content (AvgIpc) is 3.35. The summed E-state index contributed by atoms with van der Waals surface area (Å²) < 4.78 is 32.8. The minimum atomic E-state index is -0.862. The van der Waals surface area contributed by atoms with Crippen molar-refractivity contribution in [1.29, 1.82) is 0 Å². The lowest BCUT2D eigenvalue weighted by molar-refractivity contribution is 0.0911.